The van der Waals surface area contributed by atoms with Crippen molar-refractivity contribution in [2.75, 3.05) is 11.1 Å². The van der Waals surface area contributed by atoms with Gasteiger partial charge in [0.2, 0.25) is 0 Å². The molecule has 1 atom stereocenters. The van der Waals surface area contributed by atoms with Crippen molar-refractivity contribution in [3.05, 3.63) is 94.8 Å². The molecule has 3 aromatic heterocycles. The molecule has 37 heavy (non-hydrogen) atoms. The number of halogens is 1. The van der Waals surface area contributed by atoms with Crippen molar-refractivity contribution in [1.82, 2.24) is 25.3 Å². The van der Waals surface area contributed by atoms with Crippen molar-refractivity contribution in [2.45, 2.75) is 26.4 Å². The summed E-state index contributed by atoms with van der Waals surface area (Å²) in [5.41, 5.74) is 9.22. The fraction of sp³-hybridized carbons (Fsp3) is 0.148. The number of anilines is 2. The molecule has 0 saturated heterocycles. The summed E-state index contributed by atoms with van der Waals surface area (Å²) in [6, 6.07) is 14.5. The van der Waals surface area contributed by atoms with E-state index < -0.39 is 11.9 Å². The zero-order valence-corrected chi connectivity index (χ0v) is 21.0. The Hall–Kier alpha value is -4.44. The highest BCUT2D eigenvalue weighted by Gasteiger charge is 2.18. The Kier molecular flexibility index (Phi) is 6.74. The second-order valence-electron chi connectivity index (χ2n) is 8.57. The molecule has 10 heteroatoms. The van der Waals surface area contributed by atoms with Crippen LogP contribution < -0.4 is 16.4 Å². The Morgan fingerprint density at radius 3 is 2.73 bits per heavy atom. The molecule has 0 aliphatic carbocycles. The maximum Gasteiger partial charge on any atom is 0.274 e. The van der Waals surface area contributed by atoms with Crippen LogP contribution in [0.5, 0.6) is 0 Å². The average molecular weight is 514 g/mol. The van der Waals surface area contributed by atoms with Gasteiger partial charge in [0, 0.05) is 27.5 Å². The summed E-state index contributed by atoms with van der Waals surface area (Å²) in [4.78, 5) is 32.0. The molecule has 0 aliphatic rings. The predicted molar refractivity (Wildman–Crippen MR) is 144 cm³/mol. The lowest BCUT2D eigenvalue weighted by molar-refractivity contribution is 0.0935. The van der Waals surface area contributed by atoms with Gasteiger partial charge >= 0.3 is 0 Å². The van der Waals surface area contributed by atoms with Gasteiger partial charge in [0.15, 0.2) is 11.5 Å². The predicted octanol–water partition coefficient (Wildman–Crippen LogP) is 5.28. The van der Waals surface area contributed by atoms with E-state index in [1.807, 2.05) is 30.3 Å². The van der Waals surface area contributed by atoms with E-state index in [1.54, 1.807) is 37.3 Å². The van der Waals surface area contributed by atoms with E-state index in [1.165, 1.54) is 24.8 Å². The Morgan fingerprint density at radius 1 is 1.05 bits per heavy atom. The molecule has 5 aromatic rings. The highest BCUT2D eigenvalue weighted by Crippen LogP contribution is 2.31. The first-order valence-corrected chi connectivity index (χ1v) is 12.4. The molecule has 4 N–H and O–H groups in total. The lowest BCUT2D eigenvalue weighted by Crippen LogP contribution is -2.28. The van der Waals surface area contributed by atoms with Crippen LogP contribution >= 0.6 is 11.3 Å². The van der Waals surface area contributed by atoms with Crippen molar-refractivity contribution in [1.29, 1.82) is 0 Å². The van der Waals surface area contributed by atoms with Crippen molar-refractivity contribution < 1.29 is 9.18 Å². The van der Waals surface area contributed by atoms with Gasteiger partial charge in [-0.15, -0.1) is 11.3 Å². The number of hydrogen-bond acceptors (Lipinski definition) is 8. The number of rotatable bonds is 7. The number of nitrogens with zero attached hydrogens (tertiary/aromatic N) is 4. The van der Waals surface area contributed by atoms with Crippen LogP contribution in [0.15, 0.2) is 67.3 Å². The van der Waals surface area contributed by atoms with Gasteiger partial charge in [-0.1, -0.05) is 18.2 Å². The number of carbonyl (C=O) groups excluding carboxylic acids is 1. The van der Waals surface area contributed by atoms with E-state index in [0.717, 1.165) is 26.2 Å². The Morgan fingerprint density at radius 2 is 1.89 bits per heavy atom. The summed E-state index contributed by atoms with van der Waals surface area (Å²) < 4.78 is 14.0. The van der Waals surface area contributed by atoms with Gasteiger partial charge in [-0.3, -0.25) is 4.79 Å². The summed E-state index contributed by atoms with van der Waals surface area (Å²) in [6.45, 7) is 3.95. The number of aromatic nitrogens is 4. The summed E-state index contributed by atoms with van der Waals surface area (Å²) >= 11 is 1.62. The molecule has 2 aromatic carbocycles. The fourth-order valence-electron chi connectivity index (χ4n) is 3.89. The molecule has 5 rings (SSSR count). The molecule has 0 aliphatic heterocycles. The van der Waals surface area contributed by atoms with Crippen LogP contribution in [0.4, 0.5) is 16.0 Å². The number of aryl methyl sites for hydroxylation is 1. The van der Waals surface area contributed by atoms with Gasteiger partial charge in [-0.25, -0.2) is 24.3 Å². The number of nitrogen functional groups attached to an aromatic ring is 1. The average Bonchev–Trinajstić information content (AvgIpc) is 3.38. The summed E-state index contributed by atoms with van der Waals surface area (Å²) in [5, 5.41) is 6.91. The first-order valence-electron chi connectivity index (χ1n) is 11.6. The van der Waals surface area contributed by atoms with Crippen LogP contribution in [-0.4, -0.2) is 25.8 Å². The summed E-state index contributed by atoms with van der Waals surface area (Å²) in [5.74, 6) is 0.108. The number of carbonyl (C=O) groups is 1. The smallest absolute Gasteiger partial charge is 0.274 e. The quantitative estimate of drug-likeness (QED) is 0.271. The van der Waals surface area contributed by atoms with Gasteiger partial charge in [-0.05, 0) is 60.9 Å². The molecule has 0 saturated carbocycles. The molecular weight excluding hydrogens is 489 g/mol. The minimum atomic E-state index is -0.404. The van der Waals surface area contributed by atoms with E-state index in [4.69, 9.17) is 5.73 Å². The molecule has 186 valence electrons. The van der Waals surface area contributed by atoms with Gasteiger partial charge in [0.1, 0.15) is 18.0 Å². The Balaban J connectivity index is 1.28. The Labute approximate surface area is 216 Å². The Bertz CT molecular complexity index is 1600. The normalized spacial score (nSPS) is 11.9. The molecule has 0 spiro atoms. The van der Waals surface area contributed by atoms with Crippen LogP contribution in [0, 0.1) is 12.7 Å². The number of benzene rings is 2. The second kappa shape index (κ2) is 10.3. The van der Waals surface area contributed by atoms with Crippen LogP contribution in [0.3, 0.4) is 0 Å². The van der Waals surface area contributed by atoms with E-state index in [2.05, 4.69) is 30.6 Å². The fourth-order valence-corrected chi connectivity index (χ4v) is 4.83. The highest BCUT2D eigenvalue weighted by atomic mass is 32.1. The zero-order valence-electron chi connectivity index (χ0n) is 20.2. The maximum atomic E-state index is 14.0. The number of hydrogen-bond donors (Lipinski definition) is 3. The third-order valence-corrected chi connectivity index (χ3v) is 7.13. The standard InChI is InChI=1S/C27H24FN7OS/c1-15-3-4-17(12-21(15)28)16(2)35-27(36)24-26(31-10-9-30-24)32-13-19-6-8-23(37-19)18-5-7-22-20(11-18)25(29)34-14-33-22/h3-12,14,16H,13H2,1-2H3,(H,31,32)(H,35,36)(H2,29,33,34)/t16-/m0/s1. The van der Waals surface area contributed by atoms with Crippen molar-refractivity contribution in [3.63, 3.8) is 0 Å². The van der Waals surface area contributed by atoms with E-state index in [-0.39, 0.29) is 11.5 Å². The first kappa shape index (κ1) is 24.3. The first-order chi connectivity index (χ1) is 17.9. The number of fused-ring (bicyclic) bond motifs is 1. The van der Waals surface area contributed by atoms with Gasteiger partial charge in [-0.2, -0.15) is 0 Å². The number of thiophene rings is 1. The summed E-state index contributed by atoms with van der Waals surface area (Å²) in [6.07, 6.45) is 4.45. The molecule has 0 bridgehead atoms. The molecule has 0 radical (unpaired) electrons. The van der Waals surface area contributed by atoms with Crippen LogP contribution in [-0.2, 0) is 6.54 Å². The maximum absolute atomic E-state index is 14.0. The monoisotopic (exact) mass is 513 g/mol. The lowest BCUT2D eigenvalue weighted by Gasteiger charge is -2.16. The molecule has 1 amide bonds. The lowest BCUT2D eigenvalue weighted by atomic mass is 10.1. The van der Waals surface area contributed by atoms with Gasteiger partial charge in [0.25, 0.3) is 5.91 Å². The second-order valence-corrected chi connectivity index (χ2v) is 9.74. The van der Waals surface area contributed by atoms with Crippen LogP contribution in [0.1, 0.15) is 39.5 Å². The topological polar surface area (TPSA) is 119 Å². The molecule has 3 heterocycles. The van der Waals surface area contributed by atoms with Gasteiger partial charge in [0.05, 0.1) is 18.1 Å². The molecule has 8 nitrogen and oxygen atoms in total. The molecular formula is C27H24FN7OS. The number of amides is 1. The molecule has 0 unspecified atom stereocenters. The SMILES string of the molecule is Cc1ccc([C@H](C)NC(=O)c2nccnc2NCc2ccc(-c3ccc4ncnc(N)c4c3)s2)cc1F. The number of nitrogens with one attached hydrogen (secondary N) is 2. The van der Waals surface area contributed by atoms with E-state index >= 15 is 0 Å². The van der Waals surface area contributed by atoms with Crippen LogP contribution in [0.2, 0.25) is 0 Å². The highest BCUT2D eigenvalue weighted by molar-refractivity contribution is 7.15. The van der Waals surface area contributed by atoms with E-state index in [9.17, 15) is 9.18 Å². The zero-order chi connectivity index (χ0) is 25.9. The van der Waals surface area contributed by atoms with Crippen molar-refractivity contribution in [2.24, 2.45) is 0 Å². The van der Waals surface area contributed by atoms with Gasteiger partial charge < -0.3 is 16.4 Å². The van der Waals surface area contributed by atoms with Crippen molar-refractivity contribution >= 4 is 39.8 Å². The minimum Gasteiger partial charge on any atom is -0.383 e. The van der Waals surface area contributed by atoms with E-state index in [0.29, 0.717) is 29.3 Å². The molecule has 0 fully saturated rings. The largest absolute Gasteiger partial charge is 0.383 e. The third kappa shape index (κ3) is 5.24. The van der Waals surface area contributed by atoms with Crippen LogP contribution in [0.25, 0.3) is 21.3 Å². The third-order valence-electron chi connectivity index (χ3n) is 6.00. The minimum absolute atomic E-state index is 0.170. The number of nitrogens with two attached hydrogens (primary N) is 1. The summed E-state index contributed by atoms with van der Waals surface area (Å²) in [7, 11) is 0. The van der Waals surface area contributed by atoms with Crippen molar-refractivity contribution in [3.8, 4) is 10.4 Å².